The third-order valence-electron chi connectivity index (χ3n) is 3.13. The van der Waals surface area contributed by atoms with Gasteiger partial charge in [-0.3, -0.25) is 4.68 Å². The van der Waals surface area contributed by atoms with E-state index in [1.54, 1.807) is 0 Å². The van der Waals surface area contributed by atoms with Gasteiger partial charge in [-0.1, -0.05) is 0 Å². The first-order valence-electron chi connectivity index (χ1n) is 5.21. The van der Waals surface area contributed by atoms with Gasteiger partial charge in [0, 0.05) is 31.2 Å². The number of aromatic nitrogens is 2. The maximum absolute atomic E-state index is 4.65. The monoisotopic (exact) mass is 249 g/mol. The van der Waals surface area contributed by atoms with Crippen LogP contribution in [0.3, 0.4) is 0 Å². The Labute approximate surface area is 102 Å². The van der Waals surface area contributed by atoms with Gasteiger partial charge in [-0.2, -0.15) is 5.10 Å². The molecule has 3 rings (SSSR count). The molecule has 1 aromatic rings. The van der Waals surface area contributed by atoms with Gasteiger partial charge in [-0.25, -0.2) is 0 Å². The molecule has 0 spiro atoms. The second-order valence-corrected chi connectivity index (χ2v) is 4.10. The van der Waals surface area contributed by atoms with Crippen molar-refractivity contribution in [2.24, 2.45) is 0 Å². The smallest absolute Gasteiger partial charge is 0.0683 e. The SMILES string of the molecule is Cl.Cl.c1c(C2CNC2)nn2c1CCCC2. The first-order chi connectivity index (χ1) is 6.43. The minimum absolute atomic E-state index is 0. The van der Waals surface area contributed by atoms with Gasteiger partial charge in [0.2, 0.25) is 0 Å². The zero-order chi connectivity index (χ0) is 8.67. The Morgan fingerprint density at radius 3 is 2.67 bits per heavy atom. The normalized spacial score (nSPS) is 19.5. The lowest BCUT2D eigenvalue weighted by Gasteiger charge is -2.24. The highest BCUT2D eigenvalue weighted by Gasteiger charge is 2.23. The molecule has 1 aromatic heterocycles. The van der Waals surface area contributed by atoms with Gasteiger partial charge in [-0.15, -0.1) is 24.8 Å². The molecule has 1 fully saturated rings. The lowest BCUT2D eigenvalue weighted by Crippen LogP contribution is -2.40. The molecule has 86 valence electrons. The Morgan fingerprint density at radius 2 is 2.07 bits per heavy atom. The third kappa shape index (κ3) is 2.30. The minimum atomic E-state index is 0. The van der Waals surface area contributed by atoms with Crippen LogP contribution >= 0.6 is 24.8 Å². The molecule has 3 heterocycles. The number of hydrogen-bond donors (Lipinski definition) is 1. The van der Waals surface area contributed by atoms with Gasteiger partial charge in [0.25, 0.3) is 0 Å². The molecule has 0 saturated carbocycles. The predicted octanol–water partition coefficient (Wildman–Crippen LogP) is 1.75. The summed E-state index contributed by atoms with van der Waals surface area (Å²) in [6.07, 6.45) is 3.87. The van der Waals surface area contributed by atoms with Crippen molar-refractivity contribution in [2.45, 2.75) is 31.7 Å². The van der Waals surface area contributed by atoms with Crippen molar-refractivity contribution in [3.8, 4) is 0 Å². The lowest BCUT2D eigenvalue weighted by atomic mass is 9.99. The van der Waals surface area contributed by atoms with Crippen LogP contribution in [0.15, 0.2) is 6.07 Å². The number of hydrogen-bond acceptors (Lipinski definition) is 2. The van der Waals surface area contributed by atoms with Gasteiger partial charge in [0.05, 0.1) is 5.69 Å². The van der Waals surface area contributed by atoms with E-state index in [4.69, 9.17) is 0 Å². The largest absolute Gasteiger partial charge is 0.315 e. The second kappa shape index (κ2) is 5.19. The number of fused-ring (bicyclic) bond motifs is 1. The molecular weight excluding hydrogens is 233 g/mol. The molecular formula is C10H17Cl2N3. The van der Waals surface area contributed by atoms with E-state index in [-0.39, 0.29) is 24.8 Å². The van der Waals surface area contributed by atoms with Crippen LogP contribution in [0.5, 0.6) is 0 Å². The van der Waals surface area contributed by atoms with E-state index in [0.717, 1.165) is 19.6 Å². The number of nitrogens with zero attached hydrogens (tertiary/aromatic N) is 2. The molecule has 0 bridgehead atoms. The second-order valence-electron chi connectivity index (χ2n) is 4.10. The molecule has 0 radical (unpaired) electrons. The fraction of sp³-hybridized carbons (Fsp3) is 0.700. The molecule has 15 heavy (non-hydrogen) atoms. The van der Waals surface area contributed by atoms with Gasteiger partial charge in [0.1, 0.15) is 0 Å². The maximum atomic E-state index is 4.65. The Morgan fingerprint density at radius 1 is 1.27 bits per heavy atom. The zero-order valence-corrected chi connectivity index (χ0v) is 10.2. The molecule has 3 nitrogen and oxygen atoms in total. The predicted molar refractivity (Wildman–Crippen MR) is 65.3 cm³/mol. The van der Waals surface area contributed by atoms with Gasteiger partial charge < -0.3 is 5.32 Å². The van der Waals surface area contributed by atoms with Crippen molar-refractivity contribution < 1.29 is 0 Å². The molecule has 0 atom stereocenters. The standard InChI is InChI=1S/C10H15N3.2ClH/c1-2-4-13-9(3-1)5-10(12-13)8-6-11-7-8;;/h5,8,11H,1-4,6-7H2;2*1H. The van der Waals surface area contributed by atoms with Crippen LogP contribution in [-0.4, -0.2) is 22.9 Å². The number of rotatable bonds is 1. The fourth-order valence-corrected chi connectivity index (χ4v) is 2.14. The number of aryl methyl sites for hydroxylation is 2. The Hall–Kier alpha value is -0.250. The highest BCUT2D eigenvalue weighted by Crippen LogP contribution is 2.22. The zero-order valence-electron chi connectivity index (χ0n) is 8.61. The topological polar surface area (TPSA) is 29.9 Å². The molecule has 2 aliphatic rings. The van der Waals surface area contributed by atoms with E-state index in [0.29, 0.717) is 5.92 Å². The Bertz CT molecular complexity index is 297. The summed E-state index contributed by atoms with van der Waals surface area (Å²) in [5.41, 5.74) is 2.77. The maximum Gasteiger partial charge on any atom is 0.0683 e. The summed E-state index contributed by atoms with van der Waals surface area (Å²) < 4.78 is 2.21. The number of nitrogens with one attached hydrogen (secondary N) is 1. The highest BCUT2D eigenvalue weighted by atomic mass is 35.5. The summed E-state index contributed by atoms with van der Waals surface area (Å²) in [4.78, 5) is 0. The highest BCUT2D eigenvalue weighted by molar-refractivity contribution is 5.85. The van der Waals surface area contributed by atoms with Gasteiger partial charge >= 0.3 is 0 Å². The molecule has 0 unspecified atom stereocenters. The summed E-state index contributed by atoms with van der Waals surface area (Å²) in [6.45, 7) is 3.38. The molecule has 1 N–H and O–H groups in total. The average Bonchev–Trinajstić information content (AvgIpc) is 2.43. The summed E-state index contributed by atoms with van der Waals surface area (Å²) in [6, 6.07) is 2.31. The van der Waals surface area contributed by atoms with Crippen LogP contribution in [0.1, 0.15) is 30.1 Å². The van der Waals surface area contributed by atoms with E-state index >= 15 is 0 Å². The van der Waals surface area contributed by atoms with Crippen molar-refractivity contribution in [1.29, 1.82) is 0 Å². The lowest BCUT2D eigenvalue weighted by molar-refractivity contribution is 0.426. The first kappa shape index (κ1) is 12.8. The molecule has 0 aromatic carbocycles. The molecule has 0 amide bonds. The van der Waals surface area contributed by atoms with Crippen molar-refractivity contribution >= 4 is 24.8 Å². The van der Waals surface area contributed by atoms with Crippen LogP contribution in [0, 0.1) is 0 Å². The summed E-state index contributed by atoms with van der Waals surface area (Å²) in [5.74, 6) is 0.693. The van der Waals surface area contributed by atoms with E-state index < -0.39 is 0 Å². The summed E-state index contributed by atoms with van der Waals surface area (Å²) >= 11 is 0. The third-order valence-corrected chi connectivity index (χ3v) is 3.13. The quantitative estimate of drug-likeness (QED) is 0.822. The van der Waals surface area contributed by atoms with Crippen LogP contribution < -0.4 is 5.32 Å². The van der Waals surface area contributed by atoms with E-state index in [2.05, 4.69) is 21.2 Å². The molecule has 0 aliphatic carbocycles. The van der Waals surface area contributed by atoms with E-state index in [1.165, 1.54) is 30.7 Å². The first-order valence-corrected chi connectivity index (χ1v) is 5.21. The van der Waals surface area contributed by atoms with Crippen molar-refractivity contribution in [3.05, 3.63) is 17.5 Å². The summed E-state index contributed by atoms with van der Waals surface area (Å²) in [5, 5.41) is 7.94. The van der Waals surface area contributed by atoms with Gasteiger partial charge in [-0.05, 0) is 25.3 Å². The van der Waals surface area contributed by atoms with Crippen LogP contribution in [0.25, 0.3) is 0 Å². The van der Waals surface area contributed by atoms with Crippen molar-refractivity contribution in [1.82, 2.24) is 15.1 Å². The van der Waals surface area contributed by atoms with Gasteiger partial charge in [0.15, 0.2) is 0 Å². The van der Waals surface area contributed by atoms with Crippen LogP contribution in [0.2, 0.25) is 0 Å². The van der Waals surface area contributed by atoms with E-state index in [9.17, 15) is 0 Å². The van der Waals surface area contributed by atoms with E-state index in [1.807, 2.05) is 0 Å². The molecule has 5 heteroatoms. The van der Waals surface area contributed by atoms with Crippen molar-refractivity contribution in [3.63, 3.8) is 0 Å². The Balaban J connectivity index is 0.000000562. The number of halogens is 2. The minimum Gasteiger partial charge on any atom is -0.315 e. The Kier molecular flexibility index (Phi) is 4.44. The van der Waals surface area contributed by atoms with Crippen molar-refractivity contribution in [2.75, 3.05) is 13.1 Å². The fourth-order valence-electron chi connectivity index (χ4n) is 2.14. The van der Waals surface area contributed by atoms with Crippen LogP contribution in [-0.2, 0) is 13.0 Å². The average molecular weight is 250 g/mol. The van der Waals surface area contributed by atoms with Crippen LogP contribution in [0.4, 0.5) is 0 Å². The summed E-state index contributed by atoms with van der Waals surface area (Å²) in [7, 11) is 0. The molecule has 2 aliphatic heterocycles. The molecule has 1 saturated heterocycles.